The highest BCUT2D eigenvalue weighted by Gasteiger charge is 2.26. The van der Waals surface area contributed by atoms with Gasteiger partial charge in [-0.3, -0.25) is 9.52 Å². The number of rotatable bonds is 11. The topological polar surface area (TPSA) is 126 Å². The number of alkyl carbamates (subject to hydrolysis) is 1. The lowest BCUT2D eigenvalue weighted by molar-refractivity contribution is -0.123. The van der Waals surface area contributed by atoms with Crippen LogP contribution in [0.2, 0.25) is 0 Å². The zero-order chi connectivity index (χ0) is 26.1. The monoisotopic (exact) mass is 530 g/mol. The zero-order valence-electron chi connectivity index (χ0n) is 20.3. The lowest BCUT2D eigenvalue weighted by atomic mass is 10.0. The van der Waals surface area contributed by atoms with Crippen molar-refractivity contribution in [1.82, 2.24) is 15.6 Å². The second kappa shape index (κ2) is 13.0. The molecule has 0 bridgehead atoms. The smallest absolute Gasteiger partial charge is 0.407 e. The third kappa shape index (κ3) is 8.06. The van der Waals surface area contributed by atoms with Crippen LogP contribution < -0.4 is 15.4 Å². The largest absolute Gasteiger partial charge is 0.453 e. The maximum Gasteiger partial charge on any atom is 0.407 e. The Balaban J connectivity index is 1.84. The van der Waals surface area contributed by atoms with E-state index in [9.17, 15) is 18.0 Å². The molecule has 1 aromatic heterocycles. The van der Waals surface area contributed by atoms with E-state index in [1.54, 1.807) is 24.3 Å². The second-order valence-corrected chi connectivity index (χ2v) is 10.1. The first-order chi connectivity index (χ1) is 17.2. The Bertz CT molecular complexity index is 1220. The maximum atomic E-state index is 13.4. The van der Waals surface area contributed by atoms with Gasteiger partial charge in [-0.15, -0.1) is 11.3 Å². The predicted molar refractivity (Wildman–Crippen MR) is 141 cm³/mol. The number of methoxy groups -OCH3 is 1. The van der Waals surface area contributed by atoms with Crippen LogP contribution in [0.15, 0.2) is 60.0 Å². The van der Waals surface area contributed by atoms with Crippen molar-refractivity contribution in [3.05, 3.63) is 81.8 Å². The summed E-state index contributed by atoms with van der Waals surface area (Å²) in [7, 11) is -1.50. The van der Waals surface area contributed by atoms with Crippen LogP contribution in [0, 0.1) is 0 Å². The summed E-state index contributed by atoms with van der Waals surface area (Å²) in [4.78, 5) is 30.1. The van der Waals surface area contributed by atoms with Crippen molar-refractivity contribution in [2.45, 2.75) is 44.7 Å². The molecule has 0 radical (unpaired) electrons. The van der Waals surface area contributed by atoms with Crippen LogP contribution in [-0.4, -0.2) is 38.6 Å². The number of hydrogen-bond donors (Lipinski definition) is 4. The third-order valence-electron chi connectivity index (χ3n) is 5.40. The van der Waals surface area contributed by atoms with E-state index < -0.39 is 29.1 Å². The molecule has 0 aliphatic carbocycles. The molecule has 0 aliphatic rings. The molecule has 3 rings (SSSR count). The lowest BCUT2D eigenvalue weighted by Gasteiger charge is -2.23. The quantitative estimate of drug-likeness (QED) is 0.281. The van der Waals surface area contributed by atoms with E-state index in [0.29, 0.717) is 12.1 Å². The van der Waals surface area contributed by atoms with Crippen LogP contribution in [0.25, 0.3) is 0 Å². The van der Waals surface area contributed by atoms with Crippen LogP contribution in [0.4, 0.5) is 10.5 Å². The molecule has 0 saturated heterocycles. The predicted octanol–water partition coefficient (Wildman–Crippen LogP) is 3.57. The van der Waals surface area contributed by atoms with Gasteiger partial charge in [-0.25, -0.2) is 18.2 Å². The van der Waals surface area contributed by atoms with Crippen molar-refractivity contribution >= 4 is 39.9 Å². The Morgan fingerprint density at radius 1 is 0.972 bits per heavy atom. The van der Waals surface area contributed by atoms with E-state index in [0.717, 1.165) is 21.8 Å². The summed E-state index contributed by atoms with van der Waals surface area (Å²) in [6.45, 7) is 4.11. The van der Waals surface area contributed by atoms with Crippen molar-refractivity contribution in [3.63, 3.8) is 0 Å². The summed E-state index contributed by atoms with van der Waals surface area (Å²) in [5.74, 6) is -0.124. The molecule has 3 N–H and O–H groups in total. The van der Waals surface area contributed by atoms with Crippen molar-refractivity contribution in [2.24, 2.45) is 0 Å². The summed E-state index contributed by atoms with van der Waals surface area (Å²) < 4.78 is 28.9. The van der Waals surface area contributed by atoms with Crippen LogP contribution >= 0.6 is 11.3 Å². The number of amides is 2. The van der Waals surface area contributed by atoms with Crippen LogP contribution in [0.5, 0.6) is 0 Å². The first-order valence-electron chi connectivity index (χ1n) is 11.4. The molecular formula is C25H30N4O5S2. The zero-order valence-corrected chi connectivity index (χ0v) is 22.0. The first kappa shape index (κ1) is 27.2. The summed E-state index contributed by atoms with van der Waals surface area (Å²) >= 11 is 1.53. The van der Waals surface area contributed by atoms with Crippen molar-refractivity contribution in [3.8, 4) is 0 Å². The van der Waals surface area contributed by atoms with Crippen LogP contribution in [-0.2, 0) is 33.3 Å². The average molecular weight is 531 g/mol. The molecule has 2 amide bonds. The third-order valence-corrected chi connectivity index (χ3v) is 7.00. The van der Waals surface area contributed by atoms with E-state index in [2.05, 4.69) is 29.2 Å². The number of carbonyl (C=O) groups excluding carboxylic acids is 2. The van der Waals surface area contributed by atoms with Crippen molar-refractivity contribution < 1.29 is 22.7 Å². The molecule has 0 aliphatic heterocycles. The molecule has 0 saturated carbocycles. The van der Waals surface area contributed by atoms with Gasteiger partial charge in [-0.05, 0) is 29.7 Å². The number of anilines is 1. The minimum absolute atomic E-state index is 0.242. The second-order valence-electron chi connectivity index (χ2n) is 8.47. The highest BCUT2D eigenvalue weighted by Crippen LogP contribution is 2.26. The Morgan fingerprint density at radius 2 is 1.64 bits per heavy atom. The number of thiazole rings is 1. The van der Waals surface area contributed by atoms with Gasteiger partial charge in [0.1, 0.15) is 6.04 Å². The van der Waals surface area contributed by atoms with Crippen molar-refractivity contribution in [2.75, 3.05) is 11.8 Å². The average Bonchev–Trinajstić information content (AvgIpc) is 3.35. The van der Waals surface area contributed by atoms with Gasteiger partial charge in [0.2, 0.25) is 16.8 Å². The molecule has 2 aromatic carbocycles. The fourth-order valence-corrected chi connectivity index (χ4v) is 4.79. The molecule has 0 fully saturated rings. The van der Waals surface area contributed by atoms with E-state index in [4.69, 9.17) is 9.72 Å². The van der Waals surface area contributed by atoms with Gasteiger partial charge in [-0.1, -0.05) is 56.3 Å². The number of ether oxygens (including phenoxy) is 1. The lowest BCUT2D eigenvalue weighted by Crippen LogP contribution is -2.49. The number of thiol groups is 1. The molecule has 0 spiro atoms. The molecule has 2 atom stereocenters. The molecule has 0 unspecified atom stereocenters. The Labute approximate surface area is 216 Å². The SMILES string of the molecule is COC(=O)N[C@@H](Cc1ccccc1)C(=O)N[C@@H](Cc1ccc(N[SH](=O)=O)cc1)c1csc(C(C)C)n1. The van der Waals surface area contributed by atoms with Gasteiger partial charge in [0, 0.05) is 23.4 Å². The maximum absolute atomic E-state index is 13.4. The summed E-state index contributed by atoms with van der Waals surface area (Å²) in [6, 6.07) is 15.0. The van der Waals surface area contributed by atoms with Crippen LogP contribution in [0.3, 0.4) is 0 Å². The summed E-state index contributed by atoms with van der Waals surface area (Å²) in [5, 5.41) is 8.57. The normalized spacial score (nSPS) is 12.7. The molecular weight excluding hydrogens is 500 g/mol. The van der Waals surface area contributed by atoms with Gasteiger partial charge >= 0.3 is 6.09 Å². The van der Waals surface area contributed by atoms with Gasteiger partial charge in [-0.2, -0.15) is 0 Å². The molecule has 1 heterocycles. The minimum Gasteiger partial charge on any atom is -0.453 e. The summed E-state index contributed by atoms with van der Waals surface area (Å²) in [5.41, 5.74) is 2.95. The molecule has 11 heteroatoms. The number of nitrogens with zero attached hydrogens (tertiary/aromatic N) is 1. The standard InChI is InChI=1S/C25H30N4O5S2/c1-16(2)24-27-22(15-35-24)20(13-18-9-11-19(12-10-18)29-36(32)33)26-23(30)21(28-25(31)34-3)14-17-7-5-4-6-8-17/h4-12,15-16,20-21,36H,13-14H2,1-3H3,(H,26,30)(H,28,31)(H,29,32,33)/t20-,21-/m0/s1. The van der Waals surface area contributed by atoms with Crippen molar-refractivity contribution in [1.29, 1.82) is 0 Å². The Morgan fingerprint density at radius 3 is 2.22 bits per heavy atom. The number of aromatic nitrogens is 1. The highest BCUT2D eigenvalue weighted by atomic mass is 32.2. The fourth-order valence-electron chi connectivity index (χ4n) is 3.54. The minimum atomic E-state index is -2.75. The molecule has 9 nitrogen and oxygen atoms in total. The number of benzene rings is 2. The van der Waals surface area contributed by atoms with E-state index in [1.165, 1.54) is 18.4 Å². The van der Waals surface area contributed by atoms with E-state index in [-0.39, 0.29) is 18.2 Å². The first-order valence-corrected chi connectivity index (χ1v) is 13.4. The molecule has 192 valence electrons. The number of carbonyl (C=O) groups is 2. The van der Waals surface area contributed by atoms with Gasteiger partial charge in [0.25, 0.3) is 0 Å². The Hall–Kier alpha value is -3.44. The highest BCUT2D eigenvalue weighted by molar-refractivity contribution is 7.73. The van der Waals surface area contributed by atoms with Gasteiger partial charge in [0.05, 0.1) is 23.9 Å². The van der Waals surface area contributed by atoms with Gasteiger partial charge in [0.15, 0.2) is 0 Å². The van der Waals surface area contributed by atoms with E-state index in [1.807, 2.05) is 35.7 Å². The number of hydrogen-bond acceptors (Lipinski definition) is 7. The summed E-state index contributed by atoms with van der Waals surface area (Å²) in [6.07, 6.45) is 0.0158. The van der Waals surface area contributed by atoms with Gasteiger partial charge < -0.3 is 15.4 Å². The van der Waals surface area contributed by atoms with E-state index >= 15 is 0 Å². The fraction of sp³-hybridized carbons (Fsp3) is 0.320. The Kier molecular flexibility index (Phi) is 9.83. The molecule has 36 heavy (non-hydrogen) atoms. The number of nitrogens with one attached hydrogen (secondary N) is 3. The van der Waals surface area contributed by atoms with Crippen LogP contribution in [0.1, 0.15) is 47.6 Å². The molecule has 3 aromatic rings.